The van der Waals surface area contributed by atoms with Gasteiger partial charge in [0.25, 0.3) is 12.3 Å². The highest BCUT2D eigenvalue weighted by atomic mass is 19.3. The average Bonchev–Trinajstić information content (AvgIpc) is 2.94. The number of nitrogens with one attached hydrogen (secondary N) is 1. The lowest BCUT2D eigenvalue weighted by molar-refractivity contribution is -0.0670. The lowest BCUT2D eigenvalue weighted by atomic mass is 9.90. The normalized spacial score (nSPS) is 26.4. The number of likely N-dealkylation sites (N-methyl/N-ethyl adjacent to an activating group) is 1. The Hall–Kier alpha value is -2.06. The molecule has 4 heterocycles. The van der Waals surface area contributed by atoms with Gasteiger partial charge in [-0.25, -0.2) is 13.8 Å². The van der Waals surface area contributed by atoms with E-state index < -0.39 is 13.0 Å². The molecule has 0 radical (unpaired) electrons. The van der Waals surface area contributed by atoms with Crippen molar-refractivity contribution in [3.05, 3.63) is 30.1 Å². The summed E-state index contributed by atoms with van der Waals surface area (Å²) in [4.78, 5) is 19.3. The summed E-state index contributed by atoms with van der Waals surface area (Å²) in [6, 6.07) is 4.12. The van der Waals surface area contributed by atoms with E-state index >= 15 is 0 Å². The molecule has 0 spiro atoms. The van der Waals surface area contributed by atoms with Crippen molar-refractivity contribution in [2.24, 2.45) is 0 Å². The smallest absolute Gasteiger partial charge is 0.256 e. The molecule has 2 aromatic rings. The lowest BCUT2D eigenvalue weighted by Crippen LogP contribution is -2.59. The average molecular weight is 364 g/mol. The van der Waals surface area contributed by atoms with Gasteiger partial charge in [0.05, 0.1) is 25.3 Å². The molecular weight excluding hydrogens is 342 g/mol. The summed E-state index contributed by atoms with van der Waals surface area (Å²) in [5.41, 5.74) is 0.806. The van der Waals surface area contributed by atoms with E-state index in [0.29, 0.717) is 41.9 Å². The van der Waals surface area contributed by atoms with Gasteiger partial charge in [0, 0.05) is 35.9 Å². The van der Waals surface area contributed by atoms with Gasteiger partial charge in [-0.2, -0.15) is 0 Å². The Labute approximate surface area is 150 Å². The molecule has 140 valence electrons. The summed E-state index contributed by atoms with van der Waals surface area (Å²) in [5, 5.41) is 3.69. The van der Waals surface area contributed by atoms with Crippen LogP contribution in [0.5, 0.6) is 0 Å². The number of alkyl halides is 2. The van der Waals surface area contributed by atoms with Gasteiger partial charge < -0.3 is 14.6 Å². The fourth-order valence-electron chi connectivity index (χ4n) is 4.07. The predicted octanol–water partition coefficient (Wildman–Crippen LogP) is 1.89. The van der Waals surface area contributed by atoms with Gasteiger partial charge in [-0.1, -0.05) is 0 Å². The number of piperidine rings is 1. The van der Waals surface area contributed by atoms with E-state index in [4.69, 9.17) is 4.74 Å². The summed E-state index contributed by atoms with van der Waals surface area (Å²) in [7, 11) is 2.10. The second kappa shape index (κ2) is 6.92. The largest absolute Gasteiger partial charge is 0.378 e. The molecule has 4 rings (SSSR count). The van der Waals surface area contributed by atoms with Crippen LogP contribution in [0.4, 0.5) is 8.78 Å². The number of pyridine rings is 1. The first-order valence-electron chi connectivity index (χ1n) is 8.85. The van der Waals surface area contributed by atoms with Gasteiger partial charge in [-0.15, -0.1) is 0 Å². The van der Waals surface area contributed by atoms with E-state index in [-0.39, 0.29) is 11.9 Å². The van der Waals surface area contributed by atoms with Crippen molar-refractivity contribution in [3.8, 4) is 0 Å². The molecule has 1 unspecified atom stereocenters. The van der Waals surface area contributed by atoms with Crippen LogP contribution in [0.15, 0.2) is 24.5 Å². The number of rotatable bonds is 4. The summed E-state index contributed by atoms with van der Waals surface area (Å²) in [6.45, 7) is 0.879. The van der Waals surface area contributed by atoms with Crippen molar-refractivity contribution in [2.75, 3.05) is 20.3 Å². The molecule has 6 nitrogen and oxygen atoms in total. The van der Waals surface area contributed by atoms with Crippen LogP contribution < -0.4 is 5.32 Å². The Morgan fingerprint density at radius 2 is 2.12 bits per heavy atom. The Balaban J connectivity index is 1.55. The molecule has 0 saturated carbocycles. The molecule has 26 heavy (non-hydrogen) atoms. The zero-order chi connectivity index (χ0) is 18.3. The van der Waals surface area contributed by atoms with E-state index in [9.17, 15) is 13.6 Å². The molecule has 1 N–H and O–H groups in total. The Morgan fingerprint density at radius 3 is 2.81 bits per heavy atom. The highest BCUT2D eigenvalue weighted by Crippen LogP contribution is 2.27. The van der Waals surface area contributed by atoms with Crippen molar-refractivity contribution < 1.29 is 18.3 Å². The first kappa shape index (κ1) is 17.4. The minimum Gasteiger partial charge on any atom is -0.378 e. The zero-order valence-electron chi connectivity index (χ0n) is 14.6. The third kappa shape index (κ3) is 3.19. The number of ether oxygens (including phenoxy) is 1. The number of fused-ring (bicyclic) bond motifs is 3. The second-order valence-corrected chi connectivity index (χ2v) is 7.11. The van der Waals surface area contributed by atoms with E-state index in [1.807, 2.05) is 0 Å². The first-order chi connectivity index (χ1) is 12.5. The molecular formula is C18H22F2N4O2. The lowest BCUT2D eigenvalue weighted by Gasteiger charge is -2.46. The Kier molecular flexibility index (Phi) is 4.62. The van der Waals surface area contributed by atoms with Crippen LogP contribution in [-0.2, 0) is 11.3 Å². The number of carbonyl (C=O) groups is 1. The van der Waals surface area contributed by atoms with Crippen molar-refractivity contribution in [1.82, 2.24) is 19.8 Å². The maximum Gasteiger partial charge on any atom is 0.256 e. The van der Waals surface area contributed by atoms with Gasteiger partial charge in [0.1, 0.15) is 5.65 Å². The highest BCUT2D eigenvalue weighted by Gasteiger charge is 2.37. The number of carbonyl (C=O) groups excluding carboxylic acids is 1. The van der Waals surface area contributed by atoms with Crippen molar-refractivity contribution in [1.29, 1.82) is 0 Å². The van der Waals surface area contributed by atoms with E-state index in [1.165, 1.54) is 10.8 Å². The van der Waals surface area contributed by atoms with Crippen LogP contribution >= 0.6 is 0 Å². The molecule has 2 aliphatic heterocycles. The van der Waals surface area contributed by atoms with Gasteiger partial charge in [-0.05, 0) is 32.0 Å². The monoisotopic (exact) mass is 364 g/mol. The van der Waals surface area contributed by atoms with Crippen LogP contribution in [0.25, 0.3) is 11.0 Å². The van der Waals surface area contributed by atoms with Crippen molar-refractivity contribution >= 4 is 16.9 Å². The Morgan fingerprint density at radius 1 is 1.38 bits per heavy atom. The Bertz CT molecular complexity index is 796. The molecule has 2 saturated heterocycles. The number of aromatic nitrogens is 2. The molecule has 2 aliphatic rings. The van der Waals surface area contributed by atoms with E-state index in [2.05, 4.69) is 22.2 Å². The number of nitrogens with zero attached hydrogens (tertiary/aromatic N) is 3. The number of hydrogen-bond donors (Lipinski definition) is 1. The molecule has 0 aromatic carbocycles. The molecule has 3 atom stereocenters. The molecule has 2 aromatic heterocycles. The topological polar surface area (TPSA) is 59.4 Å². The van der Waals surface area contributed by atoms with Crippen LogP contribution in [-0.4, -0.2) is 65.2 Å². The third-order valence-corrected chi connectivity index (χ3v) is 5.43. The second-order valence-electron chi connectivity index (χ2n) is 7.11. The first-order valence-corrected chi connectivity index (χ1v) is 8.85. The standard InChI is InChI=1S/C18H22F2N4O2/c1-23-12-5-11(6-13(23)10-26-9-12)22-18(25)15-7-24(8-16(19)20)17-14(15)3-2-4-21-17/h2-4,7,11-13,16H,5-6,8-10H2,1H3,(H,22,25)/t11?,12-,13+. The third-order valence-electron chi connectivity index (χ3n) is 5.43. The molecule has 0 aliphatic carbocycles. The molecule has 1 amide bonds. The molecule has 2 bridgehead atoms. The van der Waals surface area contributed by atoms with Crippen LogP contribution in [0.1, 0.15) is 23.2 Å². The van der Waals surface area contributed by atoms with Crippen LogP contribution in [0.2, 0.25) is 0 Å². The van der Waals surface area contributed by atoms with E-state index in [0.717, 1.165) is 12.8 Å². The zero-order valence-corrected chi connectivity index (χ0v) is 14.6. The molecule has 2 fully saturated rings. The van der Waals surface area contributed by atoms with Crippen molar-refractivity contribution in [2.45, 2.75) is 43.9 Å². The number of morpholine rings is 1. The number of amides is 1. The van der Waals surface area contributed by atoms with E-state index in [1.54, 1.807) is 18.3 Å². The number of halogens is 2. The summed E-state index contributed by atoms with van der Waals surface area (Å²) in [5.74, 6) is -0.232. The minimum absolute atomic E-state index is 0.0581. The summed E-state index contributed by atoms with van der Waals surface area (Å²) >= 11 is 0. The molecule has 8 heteroatoms. The fourth-order valence-corrected chi connectivity index (χ4v) is 4.07. The van der Waals surface area contributed by atoms with Crippen LogP contribution in [0, 0.1) is 0 Å². The van der Waals surface area contributed by atoms with Gasteiger partial charge >= 0.3 is 0 Å². The van der Waals surface area contributed by atoms with Gasteiger partial charge in [0.15, 0.2) is 0 Å². The minimum atomic E-state index is -2.50. The van der Waals surface area contributed by atoms with Crippen LogP contribution in [0.3, 0.4) is 0 Å². The quantitative estimate of drug-likeness (QED) is 0.900. The fraction of sp³-hybridized carbons (Fsp3) is 0.556. The van der Waals surface area contributed by atoms with Gasteiger partial charge in [-0.3, -0.25) is 9.69 Å². The van der Waals surface area contributed by atoms with Crippen molar-refractivity contribution in [3.63, 3.8) is 0 Å². The summed E-state index contributed by atoms with van der Waals surface area (Å²) in [6.07, 6.45) is 2.18. The predicted molar refractivity (Wildman–Crippen MR) is 92.4 cm³/mol. The maximum absolute atomic E-state index is 12.8. The maximum atomic E-state index is 12.8. The van der Waals surface area contributed by atoms with Gasteiger partial charge in [0.2, 0.25) is 0 Å². The highest BCUT2D eigenvalue weighted by molar-refractivity contribution is 6.06. The number of hydrogen-bond acceptors (Lipinski definition) is 4. The summed E-state index contributed by atoms with van der Waals surface area (Å²) < 4.78 is 32.6. The SMILES string of the molecule is CN1[C@@H]2COC[C@H]1CC(NC(=O)c1cn(CC(F)F)c3ncccc13)C2.